The third kappa shape index (κ3) is 7.96. The Morgan fingerprint density at radius 1 is 1.00 bits per heavy atom. The molecule has 56 valence electrons. The zero-order valence-electron chi connectivity index (χ0n) is 7.41. The largest absolute Gasteiger partial charge is 0.353 e. The summed E-state index contributed by atoms with van der Waals surface area (Å²) in [7, 11) is 0. The van der Waals surface area contributed by atoms with Crippen molar-refractivity contribution in [2.75, 3.05) is 0 Å². The first kappa shape index (κ1) is 8.96. The molecule has 0 aromatic rings. The topological polar surface area (TPSA) is 27.6 Å². The number of rotatable bonds is 1. The molecule has 0 saturated carbocycles. The Hall–Kier alpha value is -0.0400. The minimum atomic E-state index is 0.234. The van der Waals surface area contributed by atoms with E-state index in [1.807, 2.05) is 0 Å². The maximum Gasteiger partial charge on any atom is 0.0894 e. The molecule has 0 bridgehead atoms. The van der Waals surface area contributed by atoms with Crippen LogP contribution in [0.25, 0.3) is 0 Å². The first-order valence-electron chi connectivity index (χ1n) is 3.56. The summed E-state index contributed by atoms with van der Waals surface area (Å²) in [5.74, 6) is 0. The average molecular weight is 130 g/mol. The van der Waals surface area contributed by atoms with E-state index in [2.05, 4.69) is 40.4 Å². The van der Waals surface area contributed by atoms with E-state index in [1.165, 1.54) is 6.42 Å². The van der Waals surface area contributed by atoms with Crippen molar-refractivity contribution < 1.29 is 5.73 Å². The van der Waals surface area contributed by atoms with Crippen molar-refractivity contribution in [1.29, 1.82) is 0 Å². The monoisotopic (exact) mass is 130 g/mol. The molecule has 0 radical (unpaired) electrons. The summed E-state index contributed by atoms with van der Waals surface area (Å²) in [6.07, 6.45) is 1.18. The molecule has 0 fully saturated rings. The molecular weight excluding hydrogens is 110 g/mol. The normalized spacial score (nSPS) is 14.0. The number of hydrogen-bond donors (Lipinski definition) is 1. The summed E-state index contributed by atoms with van der Waals surface area (Å²) in [5, 5.41) is 0. The van der Waals surface area contributed by atoms with E-state index in [-0.39, 0.29) is 5.54 Å². The van der Waals surface area contributed by atoms with Gasteiger partial charge in [-0.2, -0.15) is 0 Å². The van der Waals surface area contributed by atoms with E-state index < -0.39 is 0 Å². The van der Waals surface area contributed by atoms with Crippen LogP contribution in [0.15, 0.2) is 0 Å². The summed E-state index contributed by atoms with van der Waals surface area (Å²) < 4.78 is 0. The fourth-order valence-electron chi connectivity index (χ4n) is 1.44. The highest BCUT2D eigenvalue weighted by Crippen LogP contribution is 2.23. The molecule has 0 unspecified atom stereocenters. The van der Waals surface area contributed by atoms with Crippen molar-refractivity contribution >= 4 is 0 Å². The maximum absolute atomic E-state index is 4.06. The SMILES string of the molecule is CC(C)(C)CC(C)(C)[NH3+]. The van der Waals surface area contributed by atoms with Gasteiger partial charge in [0.2, 0.25) is 0 Å². The molecule has 0 amide bonds. The van der Waals surface area contributed by atoms with Crippen LogP contribution in [0.1, 0.15) is 41.0 Å². The van der Waals surface area contributed by atoms with Crippen molar-refractivity contribution in [2.24, 2.45) is 5.41 Å². The highest BCUT2D eigenvalue weighted by atomic mass is 14.7. The quantitative estimate of drug-likeness (QED) is 0.556. The molecule has 0 aromatic heterocycles. The molecule has 0 aliphatic heterocycles. The van der Waals surface area contributed by atoms with Gasteiger partial charge in [-0.15, -0.1) is 0 Å². The molecule has 0 heterocycles. The molecular formula is C8H20N+. The minimum Gasteiger partial charge on any atom is -0.353 e. The summed E-state index contributed by atoms with van der Waals surface area (Å²) in [5.41, 5.74) is 4.71. The van der Waals surface area contributed by atoms with Crippen LogP contribution >= 0.6 is 0 Å². The van der Waals surface area contributed by atoms with Crippen LogP contribution in [0.3, 0.4) is 0 Å². The molecule has 0 atom stereocenters. The molecule has 9 heavy (non-hydrogen) atoms. The number of quaternary nitrogens is 1. The molecule has 1 heteroatoms. The third-order valence-corrected chi connectivity index (χ3v) is 1.01. The maximum atomic E-state index is 4.06. The molecule has 0 spiro atoms. The van der Waals surface area contributed by atoms with Crippen LogP contribution in [0.4, 0.5) is 0 Å². The van der Waals surface area contributed by atoms with Gasteiger partial charge in [0.05, 0.1) is 5.54 Å². The zero-order valence-corrected chi connectivity index (χ0v) is 7.41. The van der Waals surface area contributed by atoms with Gasteiger partial charge >= 0.3 is 0 Å². The van der Waals surface area contributed by atoms with Crippen LogP contribution in [-0.4, -0.2) is 5.54 Å². The van der Waals surface area contributed by atoms with Crippen molar-refractivity contribution in [2.45, 2.75) is 46.6 Å². The van der Waals surface area contributed by atoms with Crippen molar-refractivity contribution in [1.82, 2.24) is 0 Å². The van der Waals surface area contributed by atoms with Gasteiger partial charge in [0.1, 0.15) is 0 Å². The fourth-order valence-corrected chi connectivity index (χ4v) is 1.44. The van der Waals surface area contributed by atoms with E-state index >= 15 is 0 Å². The minimum absolute atomic E-state index is 0.234. The van der Waals surface area contributed by atoms with Gasteiger partial charge in [0.15, 0.2) is 0 Å². The molecule has 0 aromatic carbocycles. The molecule has 0 aliphatic carbocycles. The first-order valence-corrected chi connectivity index (χ1v) is 3.56. The summed E-state index contributed by atoms with van der Waals surface area (Å²) >= 11 is 0. The molecule has 0 saturated heterocycles. The van der Waals surface area contributed by atoms with E-state index in [0.717, 1.165) is 0 Å². The lowest BCUT2D eigenvalue weighted by molar-refractivity contribution is -0.470. The second-order valence-corrected chi connectivity index (χ2v) is 4.90. The Kier molecular flexibility index (Phi) is 2.29. The van der Waals surface area contributed by atoms with Gasteiger partial charge in [0, 0.05) is 6.42 Å². The highest BCUT2D eigenvalue weighted by molar-refractivity contribution is 4.72. The van der Waals surface area contributed by atoms with Crippen LogP contribution in [0.5, 0.6) is 0 Å². The van der Waals surface area contributed by atoms with Crippen LogP contribution in [-0.2, 0) is 0 Å². The zero-order chi connectivity index (χ0) is 7.71. The molecule has 0 rings (SSSR count). The summed E-state index contributed by atoms with van der Waals surface area (Å²) in [4.78, 5) is 0. The summed E-state index contributed by atoms with van der Waals surface area (Å²) in [6.45, 7) is 11.1. The Morgan fingerprint density at radius 3 is 1.33 bits per heavy atom. The van der Waals surface area contributed by atoms with Crippen LogP contribution in [0, 0.1) is 5.41 Å². The van der Waals surface area contributed by atoms with Crippen molar-refractivity contribution in [3.8, 4) is 0 Å². The van der Waals surface area contributed by atoms with Gasteiger partial charge in [-0.25, -0.2) is 0 Å². The Labute approximate surface area is 58.6 Å². The highest BCUT2D eigenvalue weighted by Gasteiger charge is 2.23. The van der Waals surface area contributed by atoms with Crippen molar-refractivity contribution in [3.05, 3.63) is 0 Å². The lowest BCUT2D eigenvalue weighted by atomic mass is 9.82. The van der Waals surface area contributed by atoms with Gasteiger partial charge in [0.25, 0.3) is 0 Å². The molecule has 3 N–H and O–H groups in total. The average Bonchev–Trinajstić information content (AvgIpc) is 1.14. The van der Waals surface area contributed by atoms with E-state index in [0.29, 0.717) is 5.41 Å². The predicted octanol–water partition coefficient (Wildman–Crippen LogP) is 1.44. The first-order chi connectivity index (χ1) is 3.71. The third-order valence-electron chi connectivity index (χ3n) is 1.01. The summed E-state index contributed by atoms with van der Waals surface area (Å²) in [6, 6.07) is 0. The Morgan fingerprint density at radius 2 is 1.33 bits per heavy atom. The van der Waals surface area contributed by atoms with E-state index in [9.17, 15) is 0 Å². The molecule has 1 nitrogen and oxygen atoms in total. The lowest BCUT2D eigenvalue weighted by Crippen LogP contribution is -2.70. The van der Waals surface area contributed by atoms with Gasteiger partial charge < -0.3 is 5.73 Å². The van der Waals surface area contributed by atoms with Gasteiger partial charge in [-0.05, 0) is 19.3 Å². The molecule has 0 aliphatic rings. The van der Waals surface area contributed by atoms with Crippen LogP contribution in [0.2, 0.25) is 0 Å². The van der Waals surface area contributed by atoms with Gasteiger partial charge in [-0.1, -0.05) is 20.8 Å². The smallest absolute Gasteiger partial charge is 0.0894 e. The van der Waals surface area contributed by atoms with E-state index in [1.54, 1.807) is 0 Å². The van der Waals surface area contributed by atoms with Crippen molar-refractivity contribution in [3.63, 3.8) is 0 Å². The number of hydrogen-bond acceptors (Lipinski definition) is 0. The second-order valence-electron chi connectivity index (χ2n) is 4.90. The Balaban J connectivity index is 3.75. The van der Waals surface area contributed by atoms with Gasteiger partial charge in [-0.3, -0.25) is 0 Å². The second kappa shape index (κ2) is 2.30. The standard InChI is InChI=1S/C8H19N/c1-7(2,3)6-8(4,5)9/h6,9H2,1-5H3/p+1. The lowest BCUT2D eigenvalue weighted by Gasteiger charge is -2.25. The fraction of sp³-hybridized carbons (Fsp3) is 1.00. The predicted molar refractivity (Wildman–Crippen MR) is 41.0 cm³/mol. The van der Waals surface area contributed by atoms with Crippen LogP contribution < -0.4 is 5.73 Å². The van der Waals surface area contributed by atoms with E-state index in [4.69, 9.17) is 0 Å². The Bertz CT molecular complexity index is 69.7.